The standard InChI is InChI=1S/C10H15N3/c1-10(2,3)5-4-8-6-13-9(11)7-12-8/h4-7H,1-3H3,(H2,11,13)/b5-4+. The van der Waals surface area contributed by atoms with Crippen molar-refractivity contribution in [2.24, 2.45) is 5.41 Å². The zero-order valence-electron chi connectivity index (χ0n) is 8.28. The number of aromatic nitrogens is 2. The predicted molar refractivity (Wildman–Crippen MR) is 54.9 cm³/mol. The van der Waals surface area contributed by atoms with E-state index in [1.807, 2.05) is 6.08 Å². The van der Waals surface area contributed by atoms with Gasteiger partial charge in [-0.25, -0.2) is 4.98 Å². The zero-order valence-corrected chi connectivity index (χ0v) is 8.28. The van der Waals surface area contributed by atoms with Gasteiger partial charge in [0, 0.05) is 0 Å². The number of hydrogen-bond donors (Lipinski definition) is 1. The third-order valence-corrected chi connectivity index (χ3v) is 1.45. The van der Waals surface area contributed by atoms with Crippen LogP contribution in [0.3, 0.4) is 0 Å². The van der Waals surface area contributed by atoms with Crippen molar-refractivity contribution in [3.63, 3.8) is 0 Å². The first-order chi connectivity index (χ1) is 5.97. The van der Waals surface area contributed by atoms with Crippen molar-refractivity contribution >= 4 is 11.9 Å². The van der Waals surface area contributed by atoms with Gasteiger partial charge in [-0.15, -0.1) is 0 Å². The Kier molecular flexibility index (Phi) is 2.66. The second-order valence-electron chi connectivity index (χ2n) is 4.07. The van der Waals surface area contributed by atoms with Crippen LogP contribution in [0.1, 0.15) is 26.5 Å². The first-order valence-corrected chi connectivity index (χ1v) is 4.24. The van der Waals surface area contributed by atoms with Gasteiger partial charge < -0.3 is 5.73 Å². The van der Waals surface area contributed by atoms with Crippen molar-refractivity contribution in [2.45, 2.75) is 20.8 Å². The molecular weight excluding hydrogens is 162 g/mol. The lowest BCUT2D eigenvalue weighted by Gasteiger charge is -2.10. The maximum atomic E-state index is 5.41. The fourth-order valence-electron chi connectivity index (χ4n) is 0.769. The van der Waals surface area contributed by atoms with Gasteiger partial charge in [0.25, 0.3) is 0 Å². The predicted octanol–water partition coefficient (Wildman–Crippen LogP) is 2.12. The van der Waals surface area contributed by atoms with E-state index in [1.54, 1.807) is 12.4 Å². The van der Waals surface area contributed by atoms with Crippen molar-refractivity contribution in [2.75, 3.05) is 5.73 Å². The van der Waals surface area contributed by atoms with Gasteiger partial charge in [-0.1, -0.05) is 26.8 Å². The largest absolute Gasteiger partial charge is 0.382 e. The number of anilines is 1. The lowest BCUT2D eigenvalue weighted by Crippen LogP contribution is -1.98. The first kappa shape index (κ1) is 9.71. The molecular formula is C10H15N3. The van der Waals surface area contributed by atoms with Crippen LogP contribution in [0.4, 0.5) is 5.82 Å². The fourth-order valence-corrected chi connectivity index (χ4v) is 0.769. The van der Waals surface area contributed by atoms with Gasteiger partial charge >= 0.3 is 0 Å². The van der Waals surface area contributed by atoms with Gasteiger partial charge in [-0.05, 0) is 11.5 Å². The molecule has 0 radical (unpaired) electrons. The first-order valence-electron chi connectivity index (χ1n) is 4.24. The van der Waals surface area contributed by atoms with Gasteiger partial charge in [-0.2, -0.15) is 0 Å². The summed E-state index contributed by atoms with van der Waals surface area (Å²) in [5, 5.41) is 0. The molecule has 3 nitrogen and oxygen atoms in total. The minimum atomic E-state index is 0.170. The van der Waals surface area contributed by atoms with Crippen LogP contribution in [0.5, 0.6) is 0 Å². The van der Waals surface area contributed by atoms with E-state index in [0.717, 1.165) is 5.69 Å². The van der Waals surface area contributed by atoms with Crippen molar-refractivity contribution in [1.82, 2.24) is 9.97 Å². The molecule has 0 atom stereocenters. The lowest BCUT2D eigenvalue weighted by molar-refractivity contribution is 0.547. The summed E-state index contributed by atoms with van der Waals surface area (Å²) in [4.78, 5) is 8.05. The van der Waals surface area contributed by atoms with Crippen LogP contribution in [0.2, 0.25) is 0 Å². The molecule has 3 heteroatoms. The van der Waals surface area contributed by atoms with E-state index in [-0.39, 0.29) is 5.41 Å². The maximum Gasteiger partial charge on any atom is 0.141 e. The SMILES string of the molecule is CC(C)(C)/C=C/c1cnc(N)cn1. The molecule has 2 N–H and O–H groups in total. The molecule has 1 aromatic heterocycles. The average molecular weight is 177 g/mol. The number of rotatable bonds is 1. The van der Waals surface area contributed by atoms with Crippen LogP contribution in [0.25, 0.3) is 6.08 Å². The van der Waals surface area contributed by atoms with Crippen LogP contribution < -0.4 is 5.73 Å². The Balaban J connectivity index is 2.75. The Morgan fingerprint density at radius 1 is 1.23 bits per heavy atom. The summed E-state index contributed by atoms with van der Waals surface area (Å²) in [5.41, 5.74) is 6.42. The summed E-state index contributed by atoms with van der Waals surface area (Å²) in [6.45, 7) is 6.40. The number of hydrogen-bond acceptors (Lipinski definition) is 3. The summed E-state index contributed by atoms with van der Waals surface area (Å²) in [5.74, 6) is 0.452. The molecule has 0 amide bonds. The molecule has 1 rings (SSSR count). The normalized spacial score (nSPS) is 12.2. The molecule has 0 aromatic carbocycles. The zero-order chi connectivity index (χ0) is 9.90. The van der Waals surface area contributed by atoms with Crippen molar-refractivity contribution in [1.29, 1.82) is 0 Å². The summed E-state index contributed by atoms with van der Waals surface area (Å²) in [6, 6.07) is 0. The van der Waals surface area contributed by atoms with Crippen LogP contribution in [0, 0.1) is 5.41 Å². The van der Waals surface area contributed by atoms with Crippen LogP contribution in [0.15, 0.2) is 18.5 Å². The molecule has 0 unspecified atom stereocenters. The molecule has 0 bridgehead atoms. The molecule has 0 aliphatic carbocycles. The maximum absolute atomic E-state index is 5.41. The smallest absolute Gasteiger partial charge is 0.141 e. The van der Waals surface area contributed by atoms with Crippen molar-refractivity contribution in [3.05, 3.63) is 24.2 Å². The highest BCUT2D eigenvalue weighted by Gasteiger charge is 2.03. The van der Waals surface area contributed by atoms with E-state index < -0.39 is 0 Å². The van der Waals surface area contributed by atoms with E-state index in [1.165, 1.54) is 0 Å². The van der Waals surface area contributed by atoms with Crippen molar-refractivity contribution < 1.29 is 0 Å². The average Bonchev–Trinajstić information content (AvgIpc) is 2.02. The minimum Gasteiger partial charge on any atom is -0.382 e. The Bertz CT molecular complexity index is 293. The molecule has 1 heterocycles. The van der Waals surface area contributed by atoms with E-state index in [4.69, 9.17) is 5.73 Å². The van der Waals surface area contributed by atoms with Crippen LogP contribution in [-0.4, -0.2) is 9.97 Å². The third-order valence-electron chi connectivity index (χ3n) is 1.45. The molecule has 0 aliphatic rings. The number of nitrogen functional groups attached to an aromatic ring is 1. The lowest BCUT2D eigenvalue weighted by atomic mass is 9.96. The van der Waals surface area contributed by atoms with Crippen molar-refractivity contribution in [3.8, 4) is 0 Å². The molecule has 0 spiro atoms. The van der Waals surface area contributed by atoms with E-state index >= 15 is 0 Å². The minimum absolute atomic E-state index is 0.170. The molecule has 13 heavy (non-hydrogen) atoms. The van der Waals surface area contributed by atoms with E-state index in [2.05, 4.69) is 36.8 Å². The van der Waals surface area contributed by atoms with Crippen LogP contribution >= 0.6 is 0 Å². The molecule has 0 saturated heterocycles. The summed E-state index contributed by atoms with van der Waals surface area (Å²) in [6.07, 6.45) is 7.26. The Labute approximate surface area is 78.7 Å². The summed E-state index contributed by atoms with van der Waals surface area (Å²) in [7, 11) is 0. The molecule has 0 aliphatic heterocycles. The Morgan fingerprint density at radius 3 is 2.38 bits per heavy atom. The fraction of sp³-hybridized carbons (Fsp3) is 0.400. The van der Waals surface area contributed by atoms with Gasteiger partial charge in [0.1, 0.15) is 5.82 Å². The quantitative estimate of drug-likeness (QED) is 0.714. The monoisotopic (exact) mass is 177 g/mol. The highest BCUT2D eigenvalue weighted by atomic mass is 14.9. The Hall–Kier alpha value is -1.38. The van der Waals surface area contributed by atoms with Gasteiger partial charge in [0.2, 0.25) is 0 Å². The molecule has 0 fully saturated rings. The topological polar surface area (TPSA) is 51.8 Å². The molecule has 0 saturated carbocycles. The number of nitrogens with two attached hydrogens (primary N) is 1. The highest BCUT2D eigenvalue weighted by molar-refractivity contribution is 5.45. The molecule has 1 aromatic rings. The second kappa shape index (κ2) is 3.56. The number of allylic oxidation sites excluding steroid dienone is 1. The summed E-state index contributed by atoms with van der Waals surface area (Å²) >= 11 is 0. The molecule has 70 valence electrons. The van der Waals surface area contributed by atoms with E-state index in [9.17, 15) is 0 Å². The second-order valence-corrected chi connectivity index (χ2v) is 4.07. The van der Waals surface area contributed by atoms with Crippen LogP contribution in [-0.2, 0) is 0 Å². The Morgan fingerprint density at radius 2 is 1.92 bits per heavy atom. The van der Waals surface area contributed by atoms with Gasteiger partial charge in [0.15, 0.2) is 0 Å². The van der Waals surface area contributed by atoms with Gasteiger partial charge in [-0.3, -0.25) is 4.98 Å². The summed E-state index contributed by atoms with van der Waals surface area (Å²) < 4.78 is 0. The number of nitrogens with zero attached hydrogens (tertiary/aromatic N) is 2. The van der Waals surface area contributed by atoms with Gasteiger partial charge in [0.05, 0.1) is 18.1 Å². The third kappa shape index (κ3) is 3.69. The highest BCUT2D eigenvalue weighted by Crippen LogP contribution is 2.16. The van der Waals surface area contributed by atoms with E-state index in [0.29, 0.717) is 5.82 Å².